The molecule has 3 amide bonds. The first kappa shape index (κ1) is 36.4. The Bertz CT molecular complexity index is 1860. The van der Waals surface area contributed by atoms with Crippen molar-refractivity contribution in [2.24, 2.45) is 5.92 Å². The molecule has 4 aromatic rings. The van der Waals surface area contributed by atoms with E-state index in [9.17, 15) is 14.4 Å². The summed E-state index contributed by atoms with van der Waals surface area (Å²) in [7, 11) is 1.29. The van der Waals surface area contributed by atoms with Gasteiger partial charge < -0.3 is 40.2 Å². The topological polar surface area (TPSA) is 154 Å². The Kier molecular flexibility index (Phi) is 11.4. The number of aromatic nitrogens is 3. The Morgan fingerprint density at radius 3 is 2.48 bits per heavy atom. The minimum atomic E-state index is -0.691. The van der Waals surface area contributed by atoms with Gasteiger partial charge in [-0.2, -0.15) is 0 Å². The van der Waals surface area contributed by atoms with E-state index in [4.69, 9.17) is 9.47 Å². The number of anilines is 2. The van der Waals surface area contributed by atoms with E-state index in [0.29, 0.717) is 42.0 Å². The Labute approximate surface area is 304 Å². The van der Waals surface area contributed by atoms with Gasteiger partial charge >= 0.3 is 6.09 Å². The maximum atomic E-state index is 13.5. The quantitative estimate of drug-likeness (QED) is 0.155. The van der Waals surface area contributed by atoms with Crippen LogP contribution in [0.15, 0.2) is 67.0 Å². The first-order chi connectivity index (χ1) is 25.2. The monoisotopic (exact) mass is 708 g/mol. The summed E-state index contributed by atoms with van der Waals surface area (Å²) >= 11 is 0. The molecule has 0 spiro atoms. The summed E-state index contributed by atoms with van der Waals surface area (Å²) in [5.41, 5.74) is 4.73. The molecule has 4 N–H and O–H groups in total. The molecule has 4 heterocycles. The maximum absolute atomic E-state index is 13.5. The van der Waals surface area contributed by atoms with Gasteiger partial charge in [-0.3, -0.25) is 9.59 Å². The molecule has 52 heavy (non-hydrogen) atoms. The molecule has 2 aliphatic rings. The third-order valence-electron chi connectivity index (χ3n) is 9.69. The largest absolute Gasteiger partial charge is 0.493 e. The number of aromatic amines is 1. The summed E-state index contributed by atoms with van der Waals surface area (Å²) in [6, 6.07) is 16.9. The summed E-state index contributed by atoms with van der Waals surface area (Å²) < 4.78 is 10.8. The minimum absolute atomic E-state index is 0.107. The fraction of sp³-hybridized carbons (Fsp3) is 0.410. The number of rotatable bonds is 11. The van der Waals surface area contributed by atoms with Crippen molar-refractivity contribution in [2.45, 2.75) is 58.7 Å². The molecular weight excluding hydrogens is 660 g/mol. The fourth-order valence-electron chi connectivity index (χ4n) is 6.86. The van der Waals surface area contributed by atoms with Crippen molar-refractivity contribution in [3.05, 3.63) is 78.4 Å². The van der Waals surface area contributed by atoms with Gasteiger partial charge in [0, 0.05) is 55.7 Å². The number of hydrogen-bond acceptors (Lipinski definition) is 9. The van der Waals surface area contributed by atoms with E-state index in [1.807, 2.05) is 75.4 Å². The summed E-state index contributed by atoms with van der Waals surface area (Å²) in [4.78, 5) is 55.3. The summed E-state index contributed by atoms with van der Waals surface area (Å²) in [5.74, 6) is 1.74. The molecule has 6 rings (SSSR count). The number of nitrogens with one attached hydrogen (secondary N) is 4. The second kappa shape index (κ2) is 16.3. The van der Waals surface area contributed by atoms with Gasteiger partial charge in [0.1, 0.15) is 23.4 Å². The number of pyridine rings is 1. The van der Waals surface area contributed by atoms with Crippen LogP contribution in [-0.4, -0.2) is 89.7 Å². The van der Waals surface area contributed by atoms with Crippen molar-refractivity contribution in [1.29, 1.82) is 0 Å². The van der Waals surface area contributed by atoms with Gasteiger partial charge in [0.25, 0.3) is 5.91 Å². The minimum Gasteiger partial charge on any atom is -0.493 e. The van der Waals surface area contributed by atoms with Crippen molar-refractivity contribution >= 4 is 29.4 Å². The van der Waals surface area contributed by atoms with Crippen LogP contribution in [0.5, 0.6) is 5.75 Å². The number of piperazine rings is 1. The van der Waals surface area contributed by atoms with Gasteiger partial charge in [-0.1, -0.05) is 38.1 Å². The van der Waals surface area contributed by atoms with E-state index < -0.39 is 12.1 Å². The van der Waals surface area contributed by atoms with E-state index in [1.165, 1.54) is 7.11 Å². The fourth-order valence-corrected chi connectivity index (χ4v) is 6.86. The molecule has 2 aliphatic heterocycles. The zero-order valence-corrected chi connectivity index (χ0v) is 30.4. The van der Waals surface area contributed by atoms with E-state index in [0.717, 1.165) is 60.7 Å². The third-order valence-corrected chi connectivity index (χ3v) is 9.69. The lowest BCUT2D eigenvalue weighted by molar-refractivity contribution is -0.135. The highest BCUT2D eigenvalue weighted by molar-refractivity contribution is 6.04. The van der Waals surface area contributed by atoms with Crippen molar-refractivity contribution < 1.29 is 23.9 Å². The van der Waals surface area contributed by atoms with Crippen molar-refractivity contribution in [1.82, 2.24) is 30.5 Å². The molecule has 0 saturated carbocycles. The molecule has 0 radical (unpaired) electrons. The summed E-state index contributed by atoms with van der Waals surface area (Å²) in [6.07, 6.45) is 4.40. The Morgan fingerprint density at radius 1 is 1.00 bits per heavy atom. The molecule has 3 atom stereocenters. The smallest absolute Gasteiger partial charge is 0.407 e. The number of likely N-dealkylation sites (tertiary alicyclic amines) is 1. The molecule has 13 nitrogen and oxygen atoms in total. The number of nitrogens with zero attached hydrogens (tertiary/aromatic N) is 4. The number of methoxy groups -OCH3 is 1. The van der Waals surface area contributed by atoms with Gasteiger partial charge in [-0.25, -0.2) is 14.8 Å². The van der Waals surface area contributed by atoms with Crippen LogP contribution in [-0.2, 0) is 9.53 Å². The number of carbonyl (C=O) groups is 3. The lowest BCUT2D eigenvalue weighted by Gasteiger charge is -2.34. The average Bonchev–Trinajstić information content (AvgIpc) is 3.85. The first-order valence-corrected chi connectivity index (χ1v) is 18.0. The van der Waals surface area contributed by atoms with Crippen LogP contribution in [0.25, 0.3) is 22.4 Å². The molecule has 13 heteroatoms. The highest BCUT2D eigenvalue weighted by Gasteiger charge is 2.37. The van der Waals surface area contributed by atoms with E-state index in [-0.39, 0.29) is 23.8 Å². The lowest BCUT2D eigenvalue weighted by Crippen LogP contribution is -2.51. The van der Waals surface area contributed by atoms with Gasteiger partial charge in [0.05, 0.1) is 37.2 Å². The summed E-state index contributed by atoms with van der Waals surface area (Å²) in [6.45, 7) is 11.6. The standard InChI is InChI=1S/C39H48N8O5/c1-6-52-33-20-29(43-37(48)28-13-16-34(41-22-28)46-19-17-40-21-25(46)4)14-15-30(33)26-9-11-27(12-10-26)31-23-42-36(44-31)32-8-7-18-47(32)38(49)35(24(2)3)45-39(50)51-5/h9-16,20,22-25,32,35,40H,6-8,17-19,21H2,1-5H3,(H,42,44)(H,43,48)(H,45,50)/t25-,32+,35+/m1/s1. The molecule has 2 aromatic carbocycles. The molecule has 0 unspecified atom stereocenters. The average molecular weight is 709 g/mol. The molecule has 2 aromatic heterocycles. The van der Waals surface area contributed by atoms with Crippen LogP contribution in [0.2, 0.25) is 0 Å². The third kappa shape index (κ3) is 8.04. The second-order valence-electron chi connectivity index (χ2n) is 13.6. The summed E-state index contributed by atoms with van der Waals surface area (Å²) in [5, 5.41) is 9.06. The number of carbonyl (C=O) groups excluding carboxylic acids is 3. The molecule has 0 bridgehead atoms. The van der Waals surface area contributed by atoms with Gasteiger partial charge in [-0.05, 0) is 68.0 Å². The van der Waals surface area contributed by atoms with E-state index in [1.54, 1.807) is 17.3 Å². The molecular formula is C39H48N8O5. The van der Waals surface area contributed by atoms with Crippen LogP contribution >= 0.6 is 0 Å². The van der Waals surface area contributed by atoms with Crippen molar-refractivity contribution in [3.63, 3.8) is 0 Å². The molecule has 274 valence electrons. The highest BCUT2D eigenvalue weighted by atomic mass is 16.5. The number of alkyl carbamates (subject to hydrolysis) is 1. The molecule has 0 aliphatic carbocycles. The number of amides is 3. The van der Waals surface area contributed by atoms with Crippen LogP contribution in [0, 0.1) is 5.92 Å². The van der Waals surface area contributed by atoms with Crippen molar-refractivity contribution in [3.8, 4) is 28.1 Å². The zero-order chi connectivity index (χ0) is 36.8. The highest BCUT2D eigenvalue weighted by Crippen LogP contribution is 2.36. The maximum Gasteiger partial charge on any atom is 0.407 e. The second-order valence-corrected chi connectivity index (χ2v) is 13.6. The Hall–Kier alpha value is -5.43. The van der Waals surface area contributed by atoms with Gasteiger partial charge in [-0.15, -0.1) is 0 Å². The number of H-pyrrole nitrogens is 1. The zero-order valence-electron chi connectivity index (χ0n) is 30.4. The van der Waals surface area contributed by atoms with Gasteiger partial charge in [0.15, 0.2) is 0 Å². The molecule has 2 saturated heterocycles. The Morgan fingerprint density at radius 2 is 1.79 bits per heavy atom. The predicted octanol–water partition coefficient (Wildman–Crippen LogP) is 5.63. The normalized spacial score (nSPS) is 17.9. The van der Waals surface area contributed by atoms with E-state index in [2.05, 4.69) is 42.7 Å². The van der Waals surface area contributed by atoms with E-state index >= 15 is 0 Å². The van der Waals surface area contributed by atoms with Crippen molar-refractivity contribution in [2.75, 3.05) is 50.1 Å². The van der Waals surface area contributed by atoms with Crippen LogP contribution in [0.4, 0.5) is 16.3 Å². The van der Waals surface area contributed by atoms with Crippen LogP contribution in [0.3, 0.4) is 0 Å². The number of hydrogen-bond donors (Lipinski definition) is 4. The SMILES string of the molecule is CCOc1cc(NC(=O)c2ccc(N3CCNC[C@H]3C)nc2)ccc1-c1ccc(-c2cnc([C@@H]3CCCN3C(=O)[C@@H](NC(=O)OC)C(C)C)[nH]2)cc1. The van der Waals surface area contributed by atoms with Crippen LogP contribution < -0.4 is 25.6 Å². The number of imidazole rings is 1. The first-order valence-electron chi connectivity index (χ1n) is 18.0. The number of benzene rings is 2. The molecule has 2 fully saturated rings. The lowest BCUT2D eigenvalue weighted by atomic mass is 10.0. The predicted molar refractivity (Wildman–Crippen MR) is 200 cm³/mol. The van der Waals surface area contributed by atoms with Gasteiger partial charge in [0.2, 0.25) is 5.91 Å². The Balaban J connectivity index is 1.13. The number of ether oxygens (including phenoxy) is 2. The van der Waals surface area contributed by atoms with Crippen LogP contribution in [0.1, 0.15) is 62.8 Å².